The van der Waals surface area contributed by atoms with E-state index in [-0.39, 0.29) is 6.10 Å². The predicted octanol–water partition coefficient (Wildman–Crippen LogP) is 3.76. The molecule has 0 aliphatic heterocycles. The van der Waals surface area contributed by atoms with Gasteiger partial charge in [-0.2, -0.15) is 14.6 Å². The van der Waals surface area contributed by atoms with Crippen LogP contribution in [0.15, 0.2) is 30.3 Å². The molecule has 2 aliphatic carbocycles. The lowest BCUT2D eigenvalue weighted by Crippen LogP contribution is -2.26. The number of hydrogen-bond donors (Lipinski definition) is 0. The molecular formula is C23H25N7O. The van der Waals surface area contributed by atoms with Gasteiger partial charge in [0.05, 0.1) is 16.7 Å². The normalized spacial score (nSPS) is 20.7. The van der Waals surface area contributed by atoms with E-state index in [9.17, 15) is 0 Å². The average Bonchev–Trinajstić information content (AvgIpc) is 3.36. The second-order valence-corrected chi connectivity index (χ2v) is 8.69. The van der Waals surface area contributed by atoms with Crippen molar-refractivity contribution in [2.45, 2.75) is 57.5 Å². The first-order valence-corrected chi connectivity index (χ1v) is 10.9. The van der Waals surface area contributed by atoms with E-state index in [1.807, 2.05) is 26.0 Å². The molecule has 0 amide bonds. The molecule has 2 fully saturated rings. The fraction of sp³-hybridized carbons (Fsp3) is 0.435. The zero-order chi connectivity index (χ0) is 21.1. The van der Waals surface area contributed by atoms with Crippen molar-refractivity contribution in [3.8, 4) is 11.8 Å². The summed E-state index contributed by atoms with van der Waals surface area (Å²) in [7, 11) is 2.10. The molecule has 2 aliphatic rings. The van der Waals surface area contributed by atoms with Crippen LogP contribution in [0.5, 0.6) is 6.01 Å². The number of imidazole rings is 1. The lowest BCUT2D eigenvalue weighted by Gasteiger charge is -2.25. The Balaban J connectivity index is 1.37. The Kier molecular flexibility index (Phi) is 4.09. The number of nitrogens with zero attached hydrogens (tertiary/aromatic N) is 7. The molecule has 0 N–H and O–H groups in total. The third kappa shape index (κ3) is 3.17. The monoisotopic (exact) mass is 415 g/mol. The number of para-hydroxylation sites is 2. The summed E-state index contributed by atoms with van der Waals surface area (Å²) in [4.78, 5) is 18.8. The lowest BCUT2D eigenvalue weighted by molar-refractivity contribution is 0.108. The summed E-state index contributed by atoms with van der Waals surface area (Å²) >= 11 is 0. The van der Waals surface area contributed by atoms with Crippen LogP contribution in [0.4, 0.5) is 0 Å². The molecule has 31 heavy (non-hydrogen) atoms. The zero-order valence-electron chi connectivity index (χ0n) is 18.0. The van der Waals surface area contributed by atoms with E-state index in [0.29, 0.717) is 23.7 Å². The smallest absolute Gasteiger partial charge is 0.318 e. The predicted molar refractivity (Wildman–Crippen MR) is 116 cm³/mol. The standard InChI is InChI=1S/C23H25N7O/c1-13-24-14(2)30(28-13)21-12-19(26-23(27-21)31-15-7-6-8-15)16-11-17(16)22-25-18-9-4-5-10-20(18)29(22)3/h4-5,9-10,12,15-17H,6-8,11H2,1-3H3/t16-,17-/m1/s1. The van der Waals surface area contributed by atoms with Crippen molar-refractivity contribution >= 4 is 11.0 Å². The minimum absolute atomic E-state index is 0.219. The van der Waals surface area contributed by atoms with Gasteiger partial charge in [-0.15, -0.1) is 5.10 Å². The van der Waals surface area contributed by atoms with Crippen LogP contribution in [0.2, 0.25) is 0 Å². The van der Waals surface area contributed by atoms with Crippen molar-refractivity contribution in [3.63, 3.8) is 0 Å². The van der Waals surface area contributed by atoms with Crippen molar-refractivity contribution < 1.29 is 4.74 Å². The first kappa shape index (κ1) is 18.5. The fourth-order valence-electron chi connectivity index (χ4n) is 4.46. The van der Waals surface area contributed by atoms with Crippen LogP contribution < -0.4 is 4.74 Å². The third-order valence-corrected chi connectivity index (χ3v) is 6.45. The van der Waals surface area contributed by atoms with E-state index in [4.69, 9.17) is 14.7 Å². The SMILES string of the molecule is Cc1nc(C)n(-c2cc([C@@H]3C[C@H]3c3nc4ccccc4n3C)nc(OC3CCC3)n2)n1. The summed E-state index contributed by atoms with van der Waals surface area (Å²) in [6, 6.07) is 10.8. The highest BCUT2D eigenvalue weighted by atomic mass is 16.5. The van der Waals surface area contributed by atoms with Gasteiger partial charge in [0.2, 0.25) is 0 Å². The number of aromatic nitrogens is 7. The second-order valence-electron chi connectivity index (χ2n) is 8.69. The van der Waals surface area contributed by atoms with Crippen molar-refractivity contribution in [3.05, 3.63) is 53.5 Å². The van der Waals surface area contributed by atoms with E-state index in [0.717, 1.165) is 53.5 Å². The Bertz CT molecular complexity index is 1290. The Hall–Kier alpha value is -3.29. The summed E-state index contributed by atoms with van der Waals surface area (Å²) in [5, 5.41) is 4.52. The molecule has 0 spiro atoms. The lowest BCUT2D eigenvalue weighted by atomic mass is 9.96. The molecule has 0 unspecified atom stereocenters. The molecule has 2 saturated carbocycles. The van der Waals surface area contributed by atoms with Gasteiger partial charge in [-0.1, -0.05) is 12.1 Å². The number of hydrogen-bond acceptors (Lipinski definition) is 6. The summed E-state index contributed by atoms with van der Waals surface area (Å²) in [5.41, 5.74) is 3.19. The van der Waals surface area contributed by atoms with Gasteiger partial charge in [-0.25, -0.2) is 9.97 Å². The van der Waals surface area contributed by atoms with E-state index < -0.39 is 0 Å². The van der Waals surface area contributed by atoms with Gasteiger partial charge in [-0.05, 0) is 51.7 Å². The van der Waals surface area contributed by atoms with Gasteiger partial charge in [0, 0.05) is 24.9 Å². The van der Waals surface area contributed by atoms with Crippen LogP contribution in [0, 0.1) is 13.8 Å². The number of benzene rings is 1. The Morgan fingerprint density at radius 2 is 1.84 bits per heavy atom. The number of aryl methyl sites for hydroxylation is 3. The van der Waals surface area contributed by atoms with Gasteiger partial charge < -0.3 is 9.30 Å². The van der Waals surface area contributed by atoms with Crippen LogP contribution in [0.3, 0.4) is 0 Å². The van der Waals surface area contributed by atoms with Crippen molar-refractivity contribution in [2.24, 2.45) is 7.05 Å². The molecular weight excluding hydrogens is 390 g/mol. The van der Waals surface area contributed by atoms with Gasteiger partial charge >= 0.3 is 6.01 Å². The van der Waals surface area contributed by atoms with Crippen LogP contribution in [0.25, 0.3) is 16.9 Å². The van der Waals surface area contributed by atoms with E-state index >= 15 is 0 Å². The minimum atomic E-state index is 0.219. The molecule has 8 nitrogen and oxygen atoms in total. The average molecular weight is 416 g/mol. The number of rotatable bonds is 5. The first-order chi connectivity index (χ1) is 15.1. The molecule has 0 bridgehead atoms. The van der Waals surface area contributed by atoms with Gasteiger partial charge in [-0.3, -0.25) is 0 Å². The molecule has 0 radical (unpaired) electrons. The topological polar surface area (TPSA) is 83.5 Å². The van der Waals surface area contributed by atoms with Gasteiger partial charge in [0.25, 0.3) is 0 Å². The fourth-order valence-corrected chi connectivity index (χ4v) is 4.46. The highest BCUT2D eigenvalue weighted by Crippen LogP contribution is 2.54. The number of fused-ring (bicyclic) bond motifs is 1. The van der Waals surface area contributed by atoms with Gasteiger partial charge in [0.1, 0.15) is 23.6 Å². The molecule has 4 aromatic rings. The summed E-state index contributed by atoms with van der Waals surface area (Å²) in [6.45, 7) is 3.83. The Morgan fingerprint density at radius 1 is 1.00 bits per heavy atom. The zero-order valence-corrected chi connectivity index (χ0v) is 18.0. The Labute approximate surface area is 180 Å². The highest BCUT2D eigenvalue weighted by Gasteiger charge is 2.44. The summed E-state index contributed by atoms with van der Waals surface area (Å²) in [5.74, 6) is 4.00. The van der Waals surface area contributed by atoms with E-state index in [1.165, 1.54) is 6.42 Å². The van der Waals surface area contributed by atoms with Crippen LogP contribution in [0.1, 0.15) is 60.7 Å². The Morgan fingerprint density at radius 3 is 2.55 bits per heavy atom. The maximum absolute atomic E-state index is 6.09. The van der Waals surface area contributed by atoms with Crippen molar-refractivity contribution in [1.29, 1.82) is 0 Å². The quantitative estimate of drug-likeness (QED) is 0.493. The minimum Gasteiger partial charge on any atom is -0.460 e. The maximum atomic E-state index is 6.09. The van der Waals surface area contributed by atoms with E-state index in [2.05, 4.69) is 44.9 Å². The third-order valence-electron chi connectivity index (χ3n) is 6.45. The molecule has 3 heterocycles. The molecule has 1 aromatic carbocycles. The molecule has 8 heteroatoms. The highest BCUT2D eigenvalue weighted by molar-refractivity contribution is 5.76. The van der Waals surface area contributed by atoms with Crippen molar-refractivity contribution in [1.82, 2.24) is 34.3 Å². The number of ether oxygens (including phenoxy) is 1. The molecule has 3 aromatic heterocycles. The molecule has 2 atom stereocenters. The molecule has 6 rings (SSSR count). The van der Waals surface area contributed by atoms with Crippen LogP contribution >= 0.6 is 0 Å². The van der Waals surface area contributed by atoms with Crippen molar-refractivity contribution in [2.75, 3.05) is 0 Å². The van der Waals surface area contributed by atoms with Crippen LogP contribution in [-0.4, -0.2) is 40.4 Å². The summed E-state index contributed by atoms with van der Waals surface area (Å²) < 4.78 is 10.1. The largest absolute Gasteiger partial charge is 0.460 e. The molecule has 158 valence electrons. The maximum Gasteiger partial charge on any atom is 0.318 e. The summed E-state index contributed by atoms with van der Waals surface area (Å²) in [6.07, 6.45) is 4.57. The van der Waals surface area contributed by atoms with Gasteiger partial charge in [0.15, 0.2) is 5.82 Å². The van der Waals surface area contributed by atoms with E-state index in [1.54, 1.807) is 4.68 Å². The van der Waals surface area contributed by atoms with Crippen LogP contribution in [-0.2, 0) is 7.05 Å². The molecule has 0 saturated heterocycles. The second kappa shape index (κ2) is 6.87. The first-order valence-electron chi connectivity index (χ1n) is 10.9.